The number of hydrogen-bond acceptors (Lipinski definition) is 15. The van der Waals surface area contributed by atoms with Gasteiger partial charge in [-0.2, -0.15) is 0 Å². The van der Waals surface area contributed by atoms with E-state index in [1.165, 1.54) is 49.1 Å². The number of likely N-dealkylation sites (tertiary alicyclic amines) is 1. The minimum absolute atomic E-state index is 0.0519. The van der Waals surface area contributed by atoms with Crippen LogP contribution in [0.3, 0.4) is 0 Å². The highest BCUT2D eigenvalue weighted by atomic mass is 16.6. The largest absolute Gasteiger partial charge is 0.508 e. The summed E-state index contributed by atoms with van der Waals surface area (Å²) in [6.07, 6.45) is 2.49. The number of hydrogen-bond donors (Lipinski definition) is 10. The van der Waals surface area contributed by atoms with E-state index in [2.05, 4.69) is 26.6 Å². The number of esters is 1. The van der Waals surface area contributed by atoms with E-state index in [-0.39, 0.29) is 85.2 Å². The number of nitrogens with one attached hydrogen (secondary N) is 5. The molecule has 460 valence electrons. The van der Waals surface area contributed by atoms with Crippen LogP contribution in [0.2, 0.25) is 0 Å². The standard InChI is InChI=1S/C65H77N9O13/c1-36(2)55(72-58(79)37(3)67)63(84)74-31-15-22-50(74)61(82)73-56(54(39-16-7-5-8-17-39)40-18-9-6-10-19-40)62(83)70-38(4)59(80)71-49(51(77)33-41(57(68)78)20-11-13-29-66)21-12-14-30-69-60(81)42-23-26-46-45(32-42)64(85)87-65(46)47-27-24-43(75)34-52(47)86-53-35-44(76)25-28-48(53)65/h5-10,16-19,23-28,32,34-38,41,49-50,54-56,75-76H,11-15,20-22,29-31,33,66-67H2,1-4H3,(H2,68,78)(H,69,81)(H,70,83)(H,71,80)(H,72,79)(H,73,82)/t37-,38-,41+,49-,50-,55-,56-/m0/s1. The molecule has 0 unspecified atom stereocenters. The third-order valence-electron chi connectivity index (χ3n) is 16.3. The van der Waals surface area contributed by atoms with Crippen molar-refractivity contribution in [3.63, 3.8) is 0 Å². The number of nitrogens with zero attached hydrogens (tertiary/aromatic N) is 1. The Morgan fingerprint density at radius 1 is 0.690 bits per heavy atom. The van der Waals surface area contributed by atoms with E-state index in [0.717, 1.165) is 0 Å². The Labute approximate surface area is 504 Å². The van der Waals surface area contributed by atoms with E-state index in [4.69, 9.17) is 26.7 Å². The number of unbranched alkanes of at least 4 members (excludes halogenated alkanes) is 2. The minimum atomic E-state index is -1.53. The van der Waals surface area contributed by atoms with Crippen molar-refractivity contribution in [1.82, 2.24) is 31.5 Å². The average molecular weight is 1190 g/mol. The van der Waals surface area contributed by atoms with E-state index in [1.807, 2.05) is 36.4 Å². The number of ether oxygens (including phenoxy) is 2. The number of amides is 7. The zero-order chi connectivity index (χ0) is 62.7. The lowest BCUT2D eigenvalue weighted by atomic mass is 9.77. The quantitative estimate of drug-likeness (QED) is 0.0255. The predicted octanol–water partition coefficient (Wildman–Crippen LogP) is 4.54. The molecule has 1 spiro atoms. The zero-order valence-electron chi connectivity index (χ0n) is 49.2. The normalized spacial score (nSPS) is 16.6. The van der Waals surface area contributed by atoms with Crippen LogP contribution < -0.4 is 48.5 Å². The van der Waals surface area contributed by atoms with Crippen molar-refractivity contribution in [1.29, 1.82) is 0 Å². The number of phenols is 2. The van der Waals surface area contributed by atoms with E-state index >= 15 is 0 Å². The summed E-state index contributed by atoms with van der Waals surface area (Å²) in [6.45, 7) is 7.16. The van der Waals surface area contributed by atoms with Crippen molar-refractivity contribution >= 4 is 53.1 Å². The number of fused-ring (bicyclic) bond motifs is 6. The van der Waals surface area contributed by atoms with Crippen molar-refractivity contribution in [2.24, 2.45) is 29.0 Å². The molecular weight excluding hydrogens is 1110 g/mol. The summed E-state index contributed by atoms with van der Waals surface area (Å²) in [5.74, 6) is -7.38. The first kappa shape index (κ1) is 63.9. The number of carbonyl (C=O) groups is 9. The molecule has 3 aliphatic rings. The maximum absolute atomic E-state index is 15.0. The third-order valence-corrected chi connectivity index (χ3v) is 16.3. The summed E-state index contributed by atoms with van der Waals surface area (Å²) < 4.78 is 12.2. The number of ketones is 1. The molecule has 7 amide bonds. The summed E-state index contributed by atoms with van der Waals surface area (Å²) >= 11 is 0. The molecule has 8 rings (SSSR count). The van der Waals surface area contributed by atoms with Gasteiger partial charge in [0.2, 0.25) is 35.4 Å². The van der Waals surface area contributed by atoms with Gasteiger partial charge in [0, 0.05) is 65.7 Å². The van der Waals surface area contributed by atoms with Gasteiger partial charge in [0.15, 0.2) is 11.4 Å². The molecule has 5 aromatic carbocycles. The van der Waals surface area contributed by atoms with Gasteiger partial charge in [-0.25, -0.2) is 4.79 Å². The molecule has 3 aliphatic heterocycles. The summed E-state index contributed by atoms with van der Waals surface area (Å²) in [7, 11) is 0. The van der Waals surface area contributed by atoms with E-state index < -0.39 is 107 Å². The number of Topliss-reactive ketones (excluding diaryl/α,β-unsaturated/α-hetero) is 1. The molecule has 0 radical (unpaired) electrons. The van der Waals surface area contributed by atoms with Gasteiger partial charge in [-0.05, 0) is 119 Å². The molecule has 1 fully saturated rings. The van der Waals surface area contributed by atoms with E-state index in [0.29, 0.717) is 60.0 Å². The molecule has 0 bridgehead atoms. The maximum Gasteiger partial charge on any atom is 0.340 e. The fourth-order valence-corrected chi connectivity index (χ4v) is 11.6. The Kier molecular flexibility index (Phi) is 20.8. The second-order valence-electron chi connectivity index (χ2n) is 22.9. The molecule has 22 nitrogen and oxygen atoms in total. The fourth-order valence-electron chi connectivity index (χ4n) is 11.6. The number of aromatic hydroxyl groups is 2. The molecule has 0 aromatic heterocycles. The third kappa shape index (κ3) is 14.6. The molecule has 22 heteroatoms. The second kappa shape index (κ2) is 28.4. The van der Waals surface area contributed by atoms with Gasteiger partial charge >= 0.3 is 5.97 Å². The molecule has 0 saturated carbocycles. The first-order valence-electron chi connectivity index (χ1n) is 29.5. The van der Waals surface area contributed by atoms with Gasteiger partial charge in [-0.1, -0.05) is 87.0 Å². The maximum atomic E-state index is 15.0. The lowest BCUT2D eigenvalue weighted by Gasteiger charge is -2.36. The van der Waals surface area contributed by atoms with Crippen molar-refractivity contribution in [2.45, 2.75) is 133 Å². The number of benzene rings is 5. The molecule has 3 heterocycles. The van der Waals surface area contributed by atoms with Crippen LogP contribution in [0.25, 0.3) is 0 Å². The van der Waals surface area contributed by atoms with Crippen molar-refractivity contribution < 1.29 is 62.8 Å². The van der Waals surface area contributed by atoms with Crippen molar-refractivity contribution in [3.05, 3.63) is 154 Å². The summed E-state index contributed by atoms with van der Waals surface area (Å²) in [5, 5.41) is 34.7. The summed E-state index contributed by atoms with van der Waals surface area (Å²) in [6, 6.07) is 24.6. The molecule has 87 heavy (non-hydrogen) atoms. The van der Waals surface area contributed by atoms with E-state index in [1.54, 1.807) is 62.4 Å². The van der Waals surface area contributed by atoms with Gasteiger partial charge in [-0.15, -0.1) is 0 Å². The molecule has 1 saturated heterocycles. The van der Waals surface area contributed by atoms with E-state index in [9.17, 15) is 53.4 Å². The Morgan fingerprint density at radius 2 is 1.30 bits per heavy atom. The number of primary amides is 1. The van der Waals surface area contributed by atoms with Crippen LogP contribution >= 0.6 is 0 Å². The van der Waals surface area contributed by atoms with Gasteiger partial charge in [-0.3, -0.25) is 38.4 Å². The van der Waals surface area contributed by atoms with Gasteiger partial charge in [0.05, 0.1) is 17.6 Å². The summed E-state index contributed by atoms with van der Waals surface area (Å²) in [4.78, 5) is 127. The van der Waals surface area contributed by atoms with Crippen LogP contribution in [0.1, 0.15) is 140 Å². The fraction of sp³-hybridized carbons (Fsp3) is 0.400. The number of nitrogens with two attached hydrogens (primary N) is 3. The van der Waals surface area contributed by atoms with Gasteiger partial charge in [0.25, 0.3) is 5.91 Å². The first-order chi connectivity index (χ1) is 41.6. The Hall–Kier alpha value is -9.15. The predicted molar refractivity (Wildman–Crippen MR) is 321 cm³/mol. The van der Waals surface area contributed by atoms with Crippen molar-refractivity contribution in [3.8, 4) is 23.0 Å². The van der Waals surface area contributed by atoms with Gasteiger partial charge in [0.1, 0.15) is 47.2 Å². The van der Waals surface area contributed by atoms with Crippen LogP contribution in [0.4, 0.5) is 0 Å². The lowest BCUT2D eigenvalue weighted by Crippen LogP contribution is -2.60. The van der Waals surface area contributed by atoms with Crippen LogP contribution in [-0.2, 0) is 43.9 Å². The second-order valence-corrected chi connectivity index (χ2v) is 22.9. The molecule has 7 atom stereocenters. The average Bonchev–Trinajstić information content (AvgIpc) is 1.63. The Bertz CT molecular complexity index is 3290. The topological polar surface area (TPSA) is 354 Å². The highest BCUT2D eigenvalue weighted by molar-refractivity contribution is 6.02. The first-order valence-corrected chi connectivity index (χ1v) is 29.5. The monoisotopic (exact) mass is 1190 g/mol. The molecule has 0 aliphatic carbocycles. The number of phenolic OH excluding ortho intramolecular Hbond substituents is 2. The number of carbonyl (C=O) groups excluding carboxylic acids is 9. The Morgan fingerprint density at radius 3 is 1.89 bits per heavy atom. The van der Waals surface area contributed by atoms with Crippen LogP contribution in [0.15, 0.2) is 115 Å². The SMILES string of the molecule is CC(C)[C@H](NC(=O)[C@H](C)N)C(=O)N1CCC[C@H]1C(=O)N[C@H](C(=O)N[C@@H](C)C(=O)N[C@@H](CCCCNC(=O)c1ccc2c(c1)C(=O)OC21c2ccc(O)cc2Oc2cc(O)ccc21)C(=O)C[C@@H](CCCCN)C(N)=O)C(c1ccccc1)c1ccccc1. The summed E-state index contributed by atoms with van der Waals surface area (Å²) in [5.41, 5.74) is 18.6. The minimum Gasteiger partial charge on any atom is -0.508 e. The Balaban J connectivity index is 0.974. The van der Waals surface area contributed by atoms with Crippen LogP contribution in [0.5, 0.6) is 23.0 Å². The van der Waals surface area contributed by atoms with Crippen LogP contribution in [-0.4, -0.2) is 124 Å². The molecular formula is C65H77N9O13. The van der Waals surface area contributed by atoms with Crippen LogP contribution in [0, 0.1) is 11.8 Å². The molecule has 5 aromatic rings. The van der Waals surface area contributed by atoms with Gasteiger partial charge < -0.3 is 68.4 Å². The lowest BCUT2D eigenvalue weighted by molar-refractivity contribution is -0.143. The van der Waals surface area contributed by atoms with Crippen molar-refractivity contribution in [2.75, 3.05) is 19.6 Å². The molecule has 13 N–H and O–H groups in total. The zero-order valence-corrected chi connectivity index (χ0v) is 49.2. The number of rotatable bonds is 27. The highest BCUT2D eigenvalue weighted by Gasteiger charge is 2.54. The highest BCUT2D eigenvalue weighted by Crippen LogP contribution is 2.57. The smallest absolute Gasteiger partial charge is 0.340 e.